The highest BCUT2D eigenvalue weighted by Crippen LogP contribution is 2.28. The highest BCUT2D eigenvalue weighted by molar-refractivity contribution is 9.10. The zero-order chi connectivity index (χ0) is 17.1. The van der Waals surface area contributed by atoms with Gasteiger partial charge in [-0.3, -0.25) is 4.57 Å². The number of aromatic nitrogens is 2. The van der Waals surface area contributed by atoms with Gasteiger partial charge < -0.3 is 4.74 Å². The van der Waals surface area contributed by atoms with Gasteiger partial charge in [0.25, 0.3) is 0 Å². The summed E-state index contributed by atoms with van der Waals surface area (Å²) >= 11 is 3.56. The van der Waals surface area contributed by atoms with Gasteiger partial charge >= 0.3 is 5.97 Å². The van der Waals surface area contributed by atoms with Crippen LogP contribution in [-0.4, -0.2) is 22.1 Å². The Morgan fingerprint density at radius 2 is 2.04 bits per heavy atom. The van der Waals surface area contributed by atoms with Crippen LogP contribution >= 0.6 is 15.9 Å². The van der Waals surface area contributed by atoms with Crippen molar-refractivity contribution in [1.29, 1.82) is 0 Å². The number of fused-ring (bicyclic) bond motifs is 1. The van der Waals surface area contributed by atoms with Crippen LogP contribution in [0.5, 0.6) is 0 Å². The van der Waals surface area contributed by atoms with Crippen LogP contribution in [0.3, 0.4) is 0 Å². The average Bonchev–Trinajstić information content (AvgIpc) is 2.97. The molecular formula is C19H17BrN2O2. The van der Waals surface area contributed by atoms with E-state index in [1.165, 1.54) is 6.08 Å². The third-order valence-electron chi connectivity index (χ3n) is 3.62. The number of hydrogen-bond donors (Lipinski definition) is 0. The molecule has 3 aromatic rings. The van der Waals surface area contributed by atoms with Crippen LogP contribution in [0.4, 0.5) is 0 Å². The molecule has 0 aliphatic carbocycles. The topological polar surface area (TPSA) is 44.1 Å². The molecule has 0 unspecified atom stereocenters. The maximum Gasteiger partial charge on any atom is 0.332 e. The number of imidazole rings is 1. The largest absolute Gasteiger partial charge is 0.463 e. The van der Waals surface area contributed by atoms with Gasteiger partial charge in [0.1, 0.15) is 11.8 Å². The Morgan fingerprint density at radius 1 is 1.29 bits per heavy atom. The zero-order valence-electron chi connectivity index (χ0n) is 13.5. The molecular weight excluding hydrogens is 368 g/mol. The first kappa shape index (κ1) is 16.5. The maximum atomic E-state index is 12.1. The number of benzene rings is 2. The Morgan fingerprint density at radius 3 is 2.75 bits per heavy atom. The lowest BCUT2D eigenvalue weighted by atomic mass is 10.1. The molecule has 0 saturated carbocycles. The van der Waals surface area contributed by atoms with Crippen molar-refractivity contribution in [3.8, 4) is 0 Å². The number of ether oxygens (including phenoxy) is 1. The van der Waals surface area contributed by atoms with Gasteiger partial charge in [-0.25, -0.2) is 9.78 Å². The highest BCUT2D eigenvalue weighted by Gasteiger charge is 2.13. The molecule has 0 aliphatic rings. The van der Waals surface area contributed by atoms with Crippen LogP contribution in [0.25, 0.3) is 16.7 Å². The molecule has 1 heterocycles. The molecule has 0 atom stereocenters. The van der Waals surface area contributed by atoms with Crippen LogP contribution in [0, 0.1) is 6.92 Å². The first-order valence-electron chi connectivity index (χ1n) is 7.67. The fourth-order valence-corrected chi connectivity index (χ4v) is 3.26. The number of esters is 1. The van der Waals surface area contributed by atoms with Gasteiger partial charge in [0.2, 0.25) is 0 Å². The summed E-state index contributed by atoms with van der Waals surface area (Å²) in [5.41, 5.74) is 4.55. The average molecular weight is 385 g/mol. The SMILES string of the molecule is CCOC(=O)C=C(c1ccccc1)n1cnc2c(Br)cc(C)cc21. The van der Waals surface area contributed by atoms with E-state index in [0.717, 1.165) is 32.3 Å². The van der Waals surface area contributed by atoms with Crippen molar-refractivity contribution in [2.75, 3.05) is 6.61 Å². The summed E-state index contributed by atoms with van der Waals surface area (Å²) in [5, 5.41) is 0. The number of hydrogen-bond acceptors (Lipinski definition) is 3. The number of aryl methyl sites for hydroxylation is 1. The molecule has 0 amide bonds. The van der Waals surface area contributed by atoms with Crippen molar-refractivity contribution in [3.05, 3.63) is 70.5 Å². The molecule has 3 rings (SSSR count). The Balaban J connectivity index is 2.22. The van der Waals surface area contributed by atoms with E-state index < -0.39 is 0 Å². The summed E-state index contributed by atoms with van der Waals surface area (Å²) < 4.78 is 7.94. The number of rotatable bonds is 4. The van der Waals surface area contributed by atoms with Crippen LogP contribution < -0.4 is 0 Å². The number of nitrogens with zero attached hydrogens (tertiary/aromatic N) is 2. The molecule has 1 aromatic heterocycles. The van der Waals surface area contributed by atoms with E-state index in [2.05, 4.69) is 27.0 Å². The molecule has 4 nitrogen and oxygen atoms in total. The second-order valence-corrected chi connectivity index (χ2v) is 6.23. The van der Waals surface area contributed by atoms with Crippen molar-refractivity contribution < 1.29 is 9.53 Å². The van der Waals surface area contributed by atoms with Gasteiger partial charge in [-0.15, -0.1) is 0 Å². The number of halogens is 1. The predicted molar refractivity (Wildman–Crippen MR) is 98.6 cm³/mol. The summed E-state index contributed by atoms with van der Waals surface area (Å²) in [7, 11) is 0. The summed E-state index contributed by atoms with van der Waals surface area (Å²) in [6.07, 6.45) is 3.24. The van der Waals surface area contributed by atoms with E-state index >= 15 is 0 Å². The number of carbonyl (C=O) groups is 1. The molecule has 0 saturated heterocycles. The van der Waals surface area contributed by atoms with Gasteiger partial charge in [-0.05, 0) is 53.0 Å². The Labute approximate surface area is 148 Å². The predicted octanol–water partition coefficient (Wildman–Crippen LogP) is 4.56. The third kappa shape index (κ3) is 3.26. The van der Waals surface area contributed by atoms with E-state index in [-0.39, 0.29) is 5.97 Å². The molecule has 0 spiro atoms. The van der Waals surface area contributed by atoms with E-state index in [4.69, 9.17) is 4.74 Å². The van der Waals surface area contributed by atoms with Crippen LogP contribution in [-0.2, 0) is 9.53 Å². The lowest BCUT2D eigenvalue weighted by Gasteiger charge is -2.11. The molecule has 0 bridgehead atoms. The normalized spacial score (nSPS) is 11.7. The summed E-state index contributed by atoms with van der Waals surface area (Å²) in [5.74, 6) is -0.370. The molecule has 24 heavy (non-hydrogen) atoms. The lowest BCUT2D eigenvalue weighted by Crippen LogP contribution is -2.05. The van der Waals surface area contributed by atoms with Crippen LogP contribution in [0.2, 0.25) is 0 Å². The summed E-state index contributed by atoms with van der Waals surface area (Å²) in [6, 6.07) is 13.8. The van der Waals surface area contributed by atoms with Gasteiger partial charge in [-0.2, -0.15) is 0 Å². The van der Waals surface area contributed by atoms with Crippen LogP contribution in [0.1, 0.15) is 18.1 Å². The third-order valence-corrected chi connectivity index (χ3v) is 4.22. The molecule has 0 aliphatic heterocycles. The smallest absolute Gasteiger partial charge is 0.332 e. The number of carbonyl (C=O) groups excluding carboxylic acids is 1. The molecule has 122 valence electrons. The second-order valence-electron chi connectivity index (χ2n) is 5.38. The van der Waals surface area contributed by atoms with Crippen molar-refractivity contribution >= 4 is 38.6 Å². The minimum Gasteiger partial charge on any atom is -0.463 e. The molecule has 0 radical (unpaired) electrons. The van der Waals surface area contributed by atoms with Gasteiger partial charge in [0.15, 0.2) is 0 Å². The fourth-order valence-electron chi connectivity index (χ4n) is 2.59. The van der Waals surface area contributed by atoms with Crippen molar-refractivity contribution in [3.63, 3.8) is 0 Å². The van der Waals surface area contributed by atoms with Gasteiger partial charge in [-0.1, -0.05) is 30.3 Å². The molecule has 0 N–H and O–H groups in total. The van der Waals surface area contributed by atoms with Crippen molar-refractivity contribution in [1.82, 2.24) is 9.55 Å². The van der Waals surface area contributed by atoms with Gasteiger partial charge in [0, 0.05) is 10.5 Å². The highest BCUT2D eigenvalue weighted by atomic mass is 79.9. The van der Waals surface area contributed by atoms with E-state index in [1.54, 1.807) is 13.3 Å². The van der Waals surface area contributed by atoms with Crippen LogP contribution in [0.15, 0.2) is 59.3 Å². The van der Waals surface area contributed by atoms with E-state index in [9.17, 15) is 4.79 Å². The maximum absolute atomic E-state index is 12.1. The summed E-state index contributed by atoms with van der Waals surface area (Å²) in [4.78, 5) is 16.5. The lowest BCUT2D eigenvalue weighted by molar-refractivity contribution is -0.137. The fraction of sp³-hybridized carbons (Fsp3) is 0.158. The molecule has 2 aromatic carbocycles. The van der Waals surface area contributed by atoms with Crippen molar-refractivity contribution in [2.24, 2.45) is 0 Å². The quantitative estimate of drug-likeness (QED) is 0.489. The Kier molecular flexibility index (Phi) is 4.81. The first-order valence-corrected chi connectivity index (χ1v) is 8.47. The Hall–Kier alpha value is -2.40. The van der Waals surface area contributed by atoms with Gasteiger partial charge in [0.05, 0.1) is 17.8 Å². The summed E-state index contributed by atoms with van der Waals surface area (Å²) in [6.45, 7) is 4.16. The molecule has 5 heteroatoms. The minimum absolute atomic E-state index is 0.340. The standard InChI is InChI=1S/C19H17BrN2O2/c1-3-24-18(23)11-16(14-7-5-4-6-8-14)22-12-21-19-15(20)9-13(2)10-17(19)22/h4-12H,3H2,1-2H3. The second kappa shape index (κ2) is 7.01. The first-order chi connectivity index (χ1) is 11.6. The van der Waals surface area contributed by atoms with E-state index in [0.29, 0.717) is 6.61 Å². The zero-order valence-corrected chi connectivity index (χ0v) is 15.1. The minimum atomic E-state index is -0.370. The monoisotopic (exact) mass is 384 g/mol. The van der Waals surface area contributed by atoms with E-state index in [1.807, 2.05) is 47.9 Å². The molecule has 0 fully saturated rings. The Bertz CT molecular complexity index is 914. The van der Waals surface area contributed by atoms with Crippen molar-refractivity contribution in [2.45, 2.75) is 13.8 Å².